The highest BCUT2D eigenvalue weighted by Gasteiger charge is 2.07. The quantitative estimate of drug-likeness (QED) is 0.545. The van der Waals surface area contributed by atoms with Crippen molar-refractivity contribution in [2.45, 2.75) is 26.2 Å². The van der Waals surface area contributed by atoms with Gasteiger partial charge in [-0.25, -0.2) is 0 Å². The SMILES string of the molecule is CCC(=O)/C=C1\CCCO1. The van der Waals surface area contributed by atoms with Gasteiger partial charge in [-0.15, -0.1) is 0 Å². The van der Waals surface area contributed by atoms with Crippen molar-refractivity contribution < 1.29 is 9.53 Å². The number of ether oxygens (including phenoxy) is 1. The topological polar surface area (TPSA) is 26.3 Å². The monoisotopic (exact) mass is 140 g/mol. The van der Waals surface area contributed by atoms with E-state index < -0.39 is 0 Å². The van der Waals surface area contributed by atoms with Crippen LogP contribution in [0.2, 0.25) is 0 Å². The Bertz CT molecular complexity index is 151. The van der Waals surface area contributed by atoms with Crippen molar-refractivity contribution in [3.8, 4) is 0 Å². The summed E-state index contributed by atoms with van der Waals surface area (Å²) in [5.41, 5.74) is 0. The molecule has 1 aliphatic rings. The lowest BCUT2D eigenvalue weighted by molar-refractivity contribution is -0.114. The second kappa shape index (κ2) is 3.40. The minimum Gasteiger partial charge on any atom is -0.498 e. The molecule has 1 aliphatic heterocycles. The molecule has 1 fully saturated rings. The normalized spacial score (nSPS) is 21.1. The molecule has 0 radical (unpaired) electrons. The van der Waals surface area contributed by atoms with E-state index in [-0.39, 0.29) is 5.78 Å². The Balaban J connectivity index is 2.45. The molecular formula is C8H12O2. The fourth-order valence-corrected chi connectivity index (χ4v) is 0.917. The van der Waals surface area contributed by atoms with Crippen molar-refractivity contribution in [3.63, 3.8) is 0 Å². The van der Waals surface area contributed by atoms with E-state index in [0.717, 1.165) is 25.2 Å². The standard InChI is InChI=1S/C8H12O2/c1-2-7(9)6-8-4-3-5-10-8/h6H,2-5H2,1H3/b8-6+. The highest BCUT2D eigenvalue weighted by molar-refractivity contribution is 5.89. The number of ketones is 1. The number of allylic oxidation sites excluding steroid dienone is 2. The van der Waals surface area contributed by atoms with Crippen LogP contribution in [0.15, 0.2) is 11.8 Å². The fraction of sp³-hybridized carbons (Fsp3) is 0.625. The third-order valence-corrected chi connectivity index (χ3v) is 1.53. The molecule has 0 atom stereocenters. The molecule has 0 unspecified atom stereocenters. The van der Waals surface area contributed by atoms with Crippen LogP contribution in [0.5, 0.6) is 0 Å². The van der Waals surface area contributed by atoms with E-state index in [0.29, 0.717) is 6.42 Å². The van der Waals surface area contributed by atoms with Gasteiger partial charge in [-0.3, -0.25) is 4.79 Å². The molecule has 0 aliphatic carbocycles. The summed E-state index contributed by atoms with van der Waals surface area (Å²) < 4.78 is 5.17. The van der Waals surface area contributed by atoms with Crippen LogP contribution in [-0.4, -0.2) is 12.4 Å². The third kappa shape index (κ3) is 1.87. The summed E-state index contributed by atoms with van der Waals surface area (Å²) in [6, 6.07) is 0. The first-order valence-electron chi connectivity index (χ1n) is 3.69. The third-order valence-electron chi connectivity index (χ3n) is 1.53. The summed E-state index contributed by atoms with van der Waals surface area (Å²) >= 11 is 0. The van der Waals surface area contributed by atoms with Gasteiger partial charge in [-0.2, -0.15) is 0 Å². The zero-order valence-corrected chi connectivity index (χ0v) is 6.22. The van der Waals surface area contributed by atoms with Gasteiger partial charge in [-0.1, -0.05) is 6.92 Å². The van der Waals surface area contributed by atoms with Gasteiger partial charge >= 0.3 is 0 Å². The molecule has 2 heteroatoms. The molecule has 0 amide bonds. The summed E-state index contributed by atoms with van der Waals surface area (Å²) in [6.07, 6.45) is 4.19. The summed E-state index contributed by atoms with van der Waals surface area (Å²) in [5, 5.41) is 0. The second-order valence-electron chi connectivity index (χ2n) is 2.38. The van der Waals surface area contributed by atoms with Gasteiger partial charge in [0.05, 0.1) is 12.4 Å². The van der Waals surface area contributed by atoms with Gasteiger partial charge in [0.1, 0.15) is 0 Å². The number of hydrogen-bond donors (Lipinski definition) is 0. The second-order valence-corrected chi connectivity index (χ2v) is 2.38. The Morgan fingerprint density at radius 1 is 1.80 bits per heavy atom. The zero-order valence-electron chi connectivity index (χ0n) is 6.22. The lowest BCUT2D eigenvalue weighted by Crippen LogP contribution is -1.91. The molecular weight excluding hydrogens is 128 g/mol. The van der Waals surface area contributed by atoms with Crippen LogP contribution in [0.25, 0.3) is 0 Å². The molecule has 10 heavy (non-hydrogen) atoms. The van der Waals surface area contributed by atoms with Crippen LogP contribution < -0.4 is 0 Å². The summed E-state index contributed by atoms with van der Waals surface area (Å²) in [5.74, 6) is 1.03. The minimum absolute atomic E-state index is 0.164. The molecule has 0 N–H and O–H groups in total. The first-order chi connectivity index (χ1) is 4.83. The first kappa shape index (κ1) is 7.32. The van der Waals surface area contributed by atoms with Gasteiger partial charge in [-0.05, 0) is 6.42 Å². The minimum atomic E-state index is 0.164. The van der Waals surface area contributed by atoms with Gasteiger partial charge in [0, 0.05) is 18.9 Å². The first-order valence-corrected chi connectivity index (χ1v) is 3.69. The van der Waals surface area contributed by atoms with E-state index in [4.69, 9.17) is 4.74 Å². The Labute approximate surface area is 60.9 Å². The predicted octanol–water partition coefficient (Wildman–Crippen LogP) is 1.66. The van der Waals surface area contributed by atoms with E-state index in [9.17, 15) is 4.79 Å². The van der Waals surface area contributed by atoms with E-state index >= 15 is 0 Å². The molecule has 56 valence electrons. The van der Waals surface area contributed by atoms with Crippen LogP contribution in [0, 0.1) is 0 Å². The Morgan fingerprint density at radius 3 is 3.10 bits per heavy atom. The van der Waals surface area contributed by atoms with Crippen molar-refractivity contribution in [3.05, 3.63) is 11.8 Å². The number of hydrogen-bond acceptors (Lipinski definition) is 2. The van der Waals surface area contributed by atoms with Crippen LogP contribution in [-0.2, 0) is 9.53 Å². The number of carbonyl (C=O) groups excluding carboxylic acids is 1. The Kier molecular flexibility index (Phi) is 2.49. The highest BCUT2D eigenvalue weighted by Crippen LogP contribution is 2.15. The average molecular weight is 140 g/mol. The van der Waals surface area contributed by atoms with Gasteiger partial charge in [0.25, 0.3) is 0 Å². The van der Waals surface area contributed by atoms with Crippen molar-refractivity contribution in [2.24, 2.45) is 0 Å². The van der Waals surface area contributed by atoms with Gasteiger partial charge in [0.2, 0.25) is 0 Å². The summed E-state index contributed by atoms with van der Waals surface area (Å²) in [6.45, 7) is 2.64. The summed E-state index contributed by atoms with van der Waals surface area (Å²) in [4.78, 5) is 10.8. The lowest BCUT2D eigenvalue weighted by atomic mass is 10.2. The van der Waals surface area contributed by atoms with Gasteiger partial charge in [0.15, 0.2) is 5.78 Å². The molecule has 0 aromatic carbocycles. The molecule has 1 rings (SSSR count). The van der Waals surface area contributed by atoms with Crippen molar-refractivity contribution in [1.29, 1.82) is 0 Å². The molecule has 0 spiro atoms. The number of carbonyl (C=O) groups is 1. The molecule has 0 aromatic rings. The van der Waals surface area contributed by atoms with Crippen LogP contribution in [0.3, 0.4) is 0 Å². The maximum Gasteiger partial charge on any atom is 0.158 e. The predicted molar refractivity (Wildman–Crippen MR) is 38.6 cm³/mol. The smallest absolute Gasteiger partial charge is 0.158 e. The Hall–Kier alpha value is -0.790. The Morgan fingerprint density at radius 2 is 2.60 bits per heavy atom. The lowest BCUT2D eigenvalue weighted by Gasteiger charge is -1.94. The zero-order chi connectivity index (χ0) is 7.40. The molecule has 2 nitrogen and oxygen atoms in total. The molecule has 0 bridgehead atoms. The van der Waals surface area contributed by atoms with Crippen molar-refractivity contribution in [2.75, 3.05) is 6.61 Å². The fourth-order valence-electron chi connectivity index (χ4n) is 0.917. The molecule has 1 saturated heterocycles. The van der Waals surface area contributed by atoms with Crippen LogP contribution in [0.4, 0.5) is 0 Å². The van der Waals surface area contributed by atoms with Crippen molar-refractivity contribution >= 4 is 5.78 Å². The maximum atomic E-state index is 10.8. The van der Waals surface area contributed by atoms with E-state index in [1.54, 1.807) is 6.08 Å². The molecule has 0 aromatic heterocycles. The highest BCUT2D eigenvalue weighted by atomic mass is 16.5. The average Bonchev–Trinajstić information content (AvgIpc) is 2.40. The number of rotatable bonds is 2. The van der Waals surface area contributed by atoms with E-state index in [2.05, 4.69) is 0 Å². The maximum absolute atomic E-state index is 10.8. The van der Waals surface area contributed by atoms with Crippen LogP contribution >= 0.6 is 0 Å². The summed E-state index contributed by atoms with van der Waals surface area (Å²) in [7, 11) is 0. The molecule has 1 heterocycles. The van der Waals surface area contributed by atoms with E-state index in [1.165, 1.54) is 0 Å². The van der Waals surface area contributed by atoms with Crippen molar-refractivity contribution in [1.82, 2.24) is 0 Å². The molecule has 0 saturated carbocycles. The largest absolute Gasteiger partial charge is 0.498 e. The van der Waals surface area contributed by atoms with E-state index in [1.807, 2.05) is 6.92 Å². The van der Waals surface area contributed by atoms with Crippen LogP contribution in [0.1, 0.15) is 26.2 Å². The van der Waals surface area contributed by atoms with Gasteiger partial charge < -0.3 is 4.74 Å².